The van der Waals surface area contributed by atoms with Crippen molar-refractivity contribution in [2.24, 2.45) is 4.99 Å². The molecule has 0 spiro atoms. The van der Waals surface area contributed by atoms with E-state index >= 15 is 0 Å². The smallest absolute Gasteiger partial charge is 0.311 e. The molecule has 6 nitrogen and oxygen atoms in total. The lowest BCUT2D eigenvalue weighted by Crippen LogP contribution is -3.14. The summed E-state index contributed by atoms with van der Waals surface area (Å²) in [5.41, 5.74) is 1.76. The predicted molar refractivity (Wildman–Crippen MR) is 110 cm³/mol. The van der Waals surface area contributed by atoms with Crippen LogP contribution >= 0.6 is 22.9 Å². The zero-order chi connectivity index (χ0) is 19.8. The van der Waals surface area contributed by atoms with Gasteiger partial charge in [-0.3, -0.25) is 4.79 Å². The molecule has 1 aliphatic rings. The van der Waals surface area contributed by atoms with Gasteiger partial charge in [0.15, 0.2) is 4.80 Å². The highest BCUT2D eigenvalue weighted by atomic mass is 35.5. The molecule has 2 heterocycles. The van der Waals surface area contributed by atoms with Crippen LogP contribution in [0, 0.1) is 0 Å². The lowest BCUT2D eigenvalue weighted by molar-refractivity contribution is -0.908. The fourth-order valence-electron chi connectivity index (χ4n) is 3.25. The zero-order valence-corrected chi connectivity index (χ0v) is 17.7. The normalized spacial score (nSPS) is 15.7. The van der Waals surface area contributed by atoms with E-state index in [0.717, 1.165) is 62.0 Å². The summed E-state index contributed by atoms with van der Waals surface area (Å²) in [5, 5.41) is 2.66. The summed E-state index contributed by atoms with van der Waals surface area (Å²) >= 11 is 7.63. The maximum atomic E-state index is 12.0. The van der Waals surface area contributed by atoms with Gasteiger partial charge < -0.3 is 18.9 Å². The van der Waals surface area contributed by atoms with Crippen molar-refractivity contribution in [2.75, 3.05) is 39.5 Å². The van der Waals surface area contributed by atoms with Gasteiger partial charge in [-0.2, -0.15) is 0 Å². The Balaban J connectivity index is 1.78. The molecule has 1 saturated heterocycles. The fraction of sp³-hybridized carbons (Fsp3) is 0.500. The molecule has 1 aromatic heterocycles. The van der Waals surface area contributed by atoms with Crippen LogP contribution in [0.5, 0.6) is 0 Å². The van der Waals surface area contributed by atoms with Crippen LogP contribution in [-0.4, -0.2) is 50.0 Å². The highest BCUT2D eigenvalue weighted by molar-refractivity contribution is 7.07. The van der Waals surface area contributed by atoms with Gasteiger partial charge in [0.05, 0.1) is 38.5 Å². The molecular weight excluding hydrogens is 398 g/mol. The minimum Gasteiger partial charge on any atom is -0.466 e. The van der Waals surface area contributed by atoms with Crippen LogP contribution in [0.15, 0.2) is 34.6 Å². The molecule has 0 unspecified atom stereocenters. The van der Waals surface area contributed by atoms with Crippen LogP contribution in [0.25, 0.3) is 0 Å². The third-order valence-corrected chi connectivity index (χ3v) is 5.80. The molecule has 0 radical (unpaired) electrons. The molecule has 0 saturated carbocycles. The number of carbonyl (C=O) groups is 1. The molecule has 1 fully saturated rings. The quantitative estimate of drug-likeness (QED) is 0.658. The Morgan fingerprint density at radius 2 is 2.21 bits per heavy atom. The standard InChI is InChI=1S/C20H26ClN3O3S/c1-2-27-19(25)14-18-15-28-20(22-17-6-3-5-16(21)13-17)24(18)8-4-7-23-9-11-26-12-10-23/h3,5-6,13,15H,2,4,7-12,14H2,1H3/p+1. The Hall–Kier alpha value is -1.67. The Morgan fingerprint density at radius 3 is 2.96 bits per heavy atom. The Kier molecular flexibility index (Phi) is 8.09. The monoisotopic (exact) mass is 424 g/mol. The predicted octanol–water partition coefficient (Wildman–Crippen LogP) is 1.85. The molecule has 1 N–H and O–H groups in total. The maximum Gasteiger partial charge on any atom is 0.311 e. The first-order valence-corrected chi connectivity index (χ1v) is 11.0. The van der Waals surface area contributed by atoms with Crippen molar-refractivity contribution >= 4 is 34.6 Å². The van der Waals surface area contributed by atoms with Gasteiger partial charge in [0.25, 0.3) is 0 Å². The Labute approximate surface area is 174 Å². The second kappa shape index (κ2) is 10.8. The number of benzene rings is 1. The molecule has 1 aromatic carbocycles. The van der Waals surface area contributed by atoms with Crippen molar-refractivity contribution in [1.82, 2.24) is 4.57 Å². The molecule has 0 amide bonds. The molecule has 1 aliphatic heterocycles. The van der Waals surface area contributed by atoms with Gasteiger partial charge in [-0.1, -0.05) is 17.7 Å². The Bertz CT molecular complexity index is 843. The van der Waals surface area contributed by atoms with Crippen molar-refractivity contribution in [3.05, 3.63) is 45.2 Å². The van der Waals surface area contributed by atoms with Crippen LogP contribution in [0.4, 0.5) is 5.69 Å². The van der Waals surface area contributed by atoms with E-state index in [-0.39, 0.29) is 12.4 Å². The van der Waals surface area contributed by atoms with E-state index in [1.165, 1.54) is 0 Å². The van der Waals surface area contributed by atoms with Crippen molar-refractivity contribution in [2.45, 2.75) is 26.3 Å². The van der Waals surface area contributed by atoms with Gasteiger partial charge in [-0.05, 0) is 25.1 Å². The highest BCUT2D eigenvalue weighted by Crippen LogP contribution is 2.17. The number of rotatable bonds is 8. The molecular formula is C20H27ClN3O3S+. The van der Waals surface area contributed by atoms with Crippen molar-refractivity contribution < 1.29 is 19.2 Å². The highest BCUT2D eigenvalue weighted by Gasteiger charge is 2.15. The second-order valence-electron chi connectivity index (χ2n) is 6.70. The zero-order valence-electron chi connectivity index (χ0n) is 16.2. The van der Waals surface area contributed by atoms with Crippen LogP contribution in [0.1, 0.15) is 19.0 Å². The van der Waals surface area contributed by atoms with Gasteiger partial charge in [0.1, 0.15) is 13.1 Å². The lowest BCUT2D eigenvalue weighted by Gasteiger charge is -2.23. The number of carbonyl (C=O) groups excluding carboxylic acids is 1. The van der Waals surface area contributed by atoms with Crippen molar-refractivity contribution in [1.29, 1.82) is 0 Å². The van der Waals surface area contributed by atoms with Gasteiger partial charge in [-0.15, -0.1) is 11.3 Å². The number of thiazole rings is 1. The summed E-state index contributed by atoms with van der Waals surface area (Å²) in [7, 11) is 0. The summed E-state index contributed by atoms with van der Waals surface area (Å²) in [6, 6.07) is 7.49. The van der Waals surface area contributed by atoms with E-state index in [4.69, 9.17) is 26.1 Å². The number of ether oxygens (including phenoxy) is 2. The van der Waals surface area contributed by atoms with E-state index in [0.29, 0.717) is 11.6 Å². The molecule has 28 heavy (non-hydrogen) atoms. The first kappa shape index (κ1) is 21.0. The number of hydrogen-bond donors (Lipinski definition) is 1. The largest absolute Gasteiger partial charge is 0.466 e. The van der Waals surface area contributed by atoms with Gasteiger partial charge >= 0.3 is 5.97 Å². The first-order valence-electron chi connectivity index (χ1n) is 9.70. The van der Waals surface area contributed by atoms with Gasteiger partial charge in [0, 0.05) is 29.1 Å². The minimum atomic E-state index is -0.206. The molecule has 0 aliphatic carbocycles. The van der Waals surface area contributed by atoms with Crippen LogP contribution < -0.4 is 9.70 Å². The number of halogens is 1. The molecule has 8 heteroatoms. The van der Waals surface area contributed by atoms with E-state index in [9.17, 15) is 4.79 Å². The SMILES string of the molecule is CCOC(=O)Cc1csc(=Nc2cccc(Cl)c2)n1CCC[NH+]1CCOCC1. The Morgan fingerprint density at radius 1 is 1.39 bits per heavy atom. The van der Waals surface area contributed by atoms with Crippen LogP contribution in [-0.2, 0) is 27.2 Å². The van der Waals surface area contributed by atoms with E-state index in [2.05, 4.69) is 4.57 Å². The third kappa shape index (κ3) is 6.17. The summed E-state index contributed by atoms with van der Waals surface area (Å²) < 4.78 is 12.7. The minimum absolute atomic E-state index is 0.206. The average molecular weight is 425 g/mol. The molecule has 2 aromatic rings. The molecule has 3 rings (SSSR count). The first-order chi connectivity index (χ1) is 13.7. The van der Waals surface area contributed by atoms with E-state index in [1.807, 2.05) is 36.6 Å². The number of aromatic nitrogens is 1. The van der Waals surface area contributed by atoms with Crippen molar-refractivity contribution in [3.63, 3.8) is 0 Å². The number of quaternary nitrogens is 1. The van der Waals surface area contributed by atoms with E-state index in [1.54, 1.807) is 16.2 Å². The number of hydrogen-bond acceptors (Lipinski definition) is 5. The summed E-state index contributed by atoms with van der Waals surface area (Å²) in [4.78, 5) is 19.2. The number of morpholine rings is 1. The average Bonchev–Trinajstić information content (AvgIpc) is 3.04. The third-order valence-electron chi connectivity index (χ3n) is 4.65. The lowest BCUT2D eigenvalue weighted by atomic mass is 10.3. The summed E-state index contributed by atoms with van der Waals surface area (Å²) in [5.74, 6) is -0.206. The maximum absolute atomic E-state index is 12.0. The van der Waals surface area contributed by atoms with Crippen molar-refractivity contribution in [3.8, 4) is 0 Å². The number of esters is 1. The fourth-order valence-corrected chi connectivity index (χ4v) is 4.38. The number of nitrogens with one attached hydrogen (secondary N) is 1. The molecule has 0 bridgehead atoms. The van der Waals surface area contributed by atoms with Gasteiger partial charge in [-0.25, -0.2) is 4.99 Å². The topological polar surface area (TPSA) is 57.3 Å². The second-order valence-corrected chi connectivity index (χ2v) is 7.97. The summed E-state index contributed by atoms with van der Waals surface area (Å²) in [6.45, 7) is 7.92. The van der Waals surface area contributed by atoms with Gasteiger partial charge in [0.2, 0.25) is 0 Å². The van der Waals surface area contributed by atoms with Crippen LogP contribution in [0.2, 0.25) is 5.02 Å². The summed E-state index contributed by atoms with van der Waals surface area (Å²) in [6.07, 6.45) is 1.28. The van der Waals surface area contributed by atoms with E-state index < -0.39 is 0 Å². The molecule has 0 atom stereocenters. The number of nitrogens with zero attached hydrogens (tertiary/aromatic N) is 2. The van der Waals surface area contributed by atoms with Crippen LogP contribution in [0.3, 0.4) is 0 Å². The molecule has 152 valence electrons.